The number of halogens is 1. The Labute approximate surface area is 146 Å². The Bertz CT molecular complexity index is 716. The van der Waals surface area contributed by atoms with Gasteiger partial charge in [-0.25, -0.2) is 13.2 Å². The van der Waals surface area contributed by atoms with Crippen molar-refractivity contribution < 1.29 is 22.7 Å². The molecule has 6 nitrogen and oxygen atoms in total. The van der Waals surface area contributed by atoms with E-state index in [0.29, 0.717) is 11.4 Å². The highest BCUT2D eigenvalue weighted by atomic mass is 35.5. The second kappa shape index (κ2) is 7.53. The highest BCUT2D eigenvalue weighted by Gasteiger charge is 2.39. The minimum atomic E-state index is -3.18. The van der Waals surface area contributed by atoms with Crippen molar-refractivity contribution in [3.8, 4) is 0 Å². The maximum absolute atomic E-state index is 12.7. The fourth-order valence-electron chi connectivity index (χ4n) is 2.88. The summed E-state index contributed by atoms with van der Waals surface area (Å²) < 4.78 is 28.2. The summed E-state index contributed by atoms with van der Waals surface area (Å²) in [6.45, 7) is 1.55. The van der Waals surface area contributed by atoms with Crippen LogP contribution < -0.4 is 0 Å². The Morgan fingerprint density at radius 1 is 1.33 bits per heavy atom. The molecule has 8 heteroatoms. The highest BCUT2D eigenvalue weighted by Crippen LogP contribution is 2.22. The summed E-state index contributed by atoms with van der Waals surface area (Å²) >= 11 is 5.83. The number of benzene rings is 1. The molecular weight excluding hydrogens is 354 g/mol. The fourth-order valence-corrected chi connectivity index (χ4v) is 4.72. The number of sulfone groups is 1. The first-order chi connectivity index (χ1) is 11.2. The Morgan fingerprint density at radius 3 is 2.46 bits per heavy atom. The lowest BCUT2D eigenvalue weighted by atomic mass is 10.1. The molecule has 132 valence electrons. The van der Waals surface area contributed by atoms with E-state index in [-0.39, 0.29) is 23.8 Å². The summed E-state index contributed by atoms with van der Waals surface area (Å²) in [5.74, 6) is -0.974. The molecule has 0 N–H and O–H groups in total. The number of hydrogen-bond acceptors (Lipinski definition) is 5. The van der Waals surface area contributed by atoms with Gasteiger partial charge in [0.15, 0.2) is 9.84 Å². The van der Waals surface area contributed by atoms with Crippen LogP contribution in [-0.2, 0) is 30.6 Å². The van der Waals surface area contributed by atoms with Crippen LogP contribution in [0.5, 0.6) is 0 Å². The third-order valence-corrected chi connectivity index (χ3v) is 6.12. The van der Waals surface area contributed by atoms with Crippen LogP contribution >= 0.6 is 11.6 Å². The molecule has 0 spiro atoms. The normalized spacial score (nSPS) is 20.4. The second-order valence-electron chi connectivity index (χ2n) is 5.86. The number of carbonyl (C=O) groups is 2. The van der Waals surface area contributed by atoms with Gasteiger partial charge in [0, 0.05) is 11.1 Å². The maximum Gasteiger partial charge on any atom is 0.328 e. The SMILES string of the molecule is COC(=O)[C@@H](C)N(C(=O)Cc1ccc(Cl)cc1)[C@H]1CCS(=O)(=O)C1. The van der Waals surface area contributed by atoms with Gasteiger partial charge in [-0.3, -0.25) is 4.79 Å². The van der Waals surface area contributed by atoms with Crippen LogP contribution in [-0.4, -0.2) is 55.9 Å². The summed E-state index contributed by atoms with van der Waals surface area (Å²) in [6, 6.07) is 5.47. The van der Waals surface area contributed by atoms with Crippen molar-refractivity contribution >= 4 is 33.3 Å². The smallest absolute Gasteiger partial charge is 0.328 e. The summed E-state index contributed by atoms with van der Waals surface area (Å²) in [4.78, 5) is 26.0. The van der Waals surface area contributed by atoms with E-state index >= 15 is 0 Å². The minimum Gasteiger partial charge on any atom is -0.467 e. The van der Waals surface area contributed by atoms with Crippen molar-refractivity contribution in [1.82, 2.24) is 4.90 Å². The zero-order valence-electron chi connectivity index (χ0n) is 13.6. The van der Waals surface area contributed by atoms with Crippen LogP contribution in [0.1, 0.15) is 18.9 Å². The molecular formula is C16H20ClNO5S. The average molecular weight is 374 g/mol. The molecule has 1 heterocycles. The van der Waals surface area contributed by atoms with Crippen molar-refractivity contribution in [3.63, 3.8) is 0 Å². The third kappa shape index (κ3) is 4.48. The third-order valence-electron chi connectivity index (χ3n) is 4.12. The van der Waals surface area contributed by atoms with E-state index in [4.69, 9.17) is 16.3 Å². The number of hydrogen-bond donors (Lipinski definition) is 0. The van der Waals surface area contributed by atoms with Gasteiger partial charge in [-0.05, 0) is 31.0 Å². The van der Waals surface area contributed by atoms with Gasteiger partial charge in [0.1, 0.15) is 6.04 Å². The van der Waals surface area contributed by atoms with Crippen LogP contribution in [0.4, 0.5) is 0 Å². The first-order valence-corrected chi connectivity index (χ1v) is 9.77. The molecule has 0 saturated carbocycles. The molecule has 0 radical (unpaired) electrons. The first-order valence-electron chi connectivity index (χ1n) is 7.57. The largest absolute Gasteiger partial charge is 0.467 e. The van der Waals surface area contributed by atoms with E-state index < -0.39 is 27.9 Å². The maximum atomic E-state index is 12.7. The Kier molecular flexibility index (Phi) is 5.87. The molecule has 1 aromatic rings. The zero-order chi connectivity index (χ0) is 17.9. The van der Waals surface area contributed by atoms with Gasteiger partial charge < -0.3 is 9.64 Å². The predicted molar refractivity (Wildman–Crippen MR) is 90.5 cm³/mol. The predicted octanol–water partition coefficient (Wildman–Crippen LogP) is 1.46. The van der Waals surface area contributed by atoms with Crippen molar-refractivity contribution in [2.45, 2.75) is 31.8 Å². The van der Waals surface area contributed by atoms with E-state index in [1.807, 2.05) is 0 Å². The van der Waals surface area contributed by atoms with Crippen LogP contribution in [0.3, 0.4) is 0 Å². The first kappa shape index (κ1) is 18.7. The Hall–Kier alpha value is -1.60. The summed E-state index contributed by atoms with van der Waals surface area (Å²) in [7, 11) is -1.94. The van der Waals surface area contributed by atoms with Gasteiger partial charge in [-0.1, -0.05) is 23.7 Å². The van der Waals surface area contributed by atoms with Crippen molar-refractivity contribution in [3.05, 3.63) is 34.9 Å². The van der Waals surface area contributed by atoms with Crippen LogP contribution in [0.15, 0.2) is 24.3 Å². The van der Waals surface area contributed by atoms with E-state index in [1.165, 1.54) is 12.0 Å². The lowest BCUT2D eigenvalue weighted by molar-refractivity contribution is -0.153. The molecule has 1 aromatic carbocycles. The van der Waals surface area contributed by atoms with Gasteiger partial charge in [-0.15, -0.1) is 0 Å². The number of esters is 1. The van der Waals surface area contributed by atoms with Crippen LogP contribution in [0, 0.1) is 0 Å². The van der Waals surface area contributed by atoms with E-state index in [1.54, 1.807) is 31.2 Å². The zero-order valence-corrected chi connectivity index (χ0v) is 15.1. The molecule has 1 fully saturated rings. The molecule has 1 aliphatic rings. The molecule has 0 aliphatic carbocycles. The van der Waals surface area contributed by atoms with Gasteiger partial charge in [0.2, 0.25) is 5.91 Å². The molecule has 24 heavy (non-hydrogen) atoms. The molecule has 1 aliphatic heterocycles. The van der Waals surface area contributed by atoms with Crippen molar-refractivity contribution in [1.29, 1.82) is 0 Å². The molecule has 0 bridgehead atoms. The number of nitrogens with zero attached hydrogens (tertiary/aromatic N) is 1. The van der Waals surface area contributed by atoms with Gasteiger partial charge >= 0.3 is 5.97 Å². The van der Waals surface area contributed by atoms with Gasteiger partial charge in [-0.2, -0.15) is 0 Å². The van der Waals surface area contributed by atoms with Gasteiger partial charge in [0.05, 0.1) is 25.0 Å². The quantitative estimate of drug-likeness (QED) is 0.730. The van der Waals surface area contributed by atoms with Crippen molar-refractivity contribution in [2.75, 3.05) is 18.6 Å². The van der Waals surface area contributed by atoms with E-state index in [9.17, 15) is 18.0 Å². The summed E-state index contributed by atoms with van der Waals surface area (Å²) in [5, 5.41) is 0.563. The topological polar surface area (TPSA) is 80.8 Å². The fraction of sp³-hybridized carbons (Fsp3) is 0.500. The molecule has 0 aromatic heterocycles. The number of carbonyl (C=O) groups excluding carboxylic acids is 2. The Morgan fingerprint density at radius 2 is 1.96 bits per heavy atom. The molecule has 1 amide bonds. The second-order valence-corrected chi connectivity index (χ2v) is 8.53. The van der Waals surface area contributed by atoms with E-state index in [0.717, 1.165) is 5.56 Å². The molecule has 2 atom stereocenters. The number of rotatable bonds is 5. The number of methoxy groups -OCH3 is 1. The Balaban J connectivity index is 2.22. The summed E-state index contributed by atoms with van der Waals surface area (Å²) in [6.07, 6.45) is 0.394. The van der Waals surface area contributed by atoms with Gasteiger partial charge in [0.25, 0.3) is 0 Å². The average Bonchev–Trinajstić information content (AvgIpc) is 2.88. The van der Waals surface area contributed by atoms with Crippen LogP contribution in [0.2, 0.25) is 5.02 Å². The van der Waals surface area contributed by atoms with Crippen LogP contribution in [0.25, 0.3) is 0 Å². The highest BCUT2D eigenvalue weighted by molar-refractivity contribution is 7.91. The van der Waals surface area contributed by atoms with E-state index in [2.05, 4.69) is 0 Å². The number of amides is 1. The lowest BCUT2D eigenvalue weighted by Crippen LogP contribution is -2.50. The standard InChI is InChI=1S/C16H20ClNO5S/c1-11(16(20)23-2)18(14-7-8-24(21,22)10-14)15(19)9-12-3-5-13(17)6-4-12/h3-6,11,14H,7-10H2,1-2H3/t11-,14+/m1/s1. The lowest BCUT2D eigenvalue weighted by Gasteiger charge is -2.32. The monoisotopic (exact) mass is 373 g/mol. The number of ether oxygens (including phenoxy) is 1. The van der Waals surface area contributed by atoms with Crippen molar-refractivity contribution in [2.24, 2.45) is 0 Å². The molecule has 0 unspecified atom stereocenters. The molecule has 1 saturated heterocycles. The minimum absolute atomic E-state index is 0.0241. The molecule has 2 rings (SSSR count). The summed E-state index contributed by atoms with van der Waals surface area (Å²) in [5.41, 5.74) is 0.743.